The third kappa shape index (κ3) is 3.31. The molecular formula is C16H25N3O3. The van der Waals surface area contributed by atoms with E-state index in [2.05, 4.69) is 10.4 Å². The number of carbonyl (C=O) groups excluding carboxylic acids is 1. The van der Waals surface area contributed by atoms with Gasteiger partial charge in [0.05, 0.1) is 11.9 Å². The summed E-state index contributed by atoms with van der Waals surface area (Å²) in [6, 6.07) is 0. The topological polar surface area (TPSA) is 84.2 Å². The second-order valence-electron chi connectivity index (χ2n) is 6.97. The zero-order valence-corrected chi connectivity index (χ0v) is 13.6. The number of carboxylic acids is 1. The van der Waals surface area contributed by atoms with Gasteiger partial charge >= 0.3 is 5.97 Å². The van der Waals surface area contributed by atoms with Crippen LogP contribution in [-0.4, -0.2) is 26.8 Å². The Kier molecular flexibility index (Phi) is 4.58. The number of carboxylic acid groups (broad SMARTS) is 1. The van der Waals surface area contributed by atoms with E-state index in [1.807, 2.05) is 6.92 Å². The Bertz CT molecular complexity index is 555. The van der Waals surface area contributed by atoms with E-state index in [9.17, 15) is 14.7 Å². The van der Waals surface area contributed by atoms with Gasteiger partial charge in [-0.2, -0.15) is 5.10 Å². The first-order valence-corrected chi connectivity index (χ1v) is 7.86. The van der Waals surface area contributed by atoms with Crippen LogP contribution in [0.15, 0.2) is 12.4 Å². The second-order valence-corrected chi connectivity index (χ2v) is 6.97. The summed E-state index contributed by atoms with van der Waals surface area (Å²) in [6.07, 6.45) is 9.40. The lowest BCUT2D eigenvalue weighted by Gasteiger charge is -2.26. The molecule has 1 fully saturated rings. The standard InChI is InChI=1S/C16H25N3O3/c1-15(2,14(21)22)19-11-12(10-17-19)18-13(20)16(3)8-6-4-5-7-9-16/h10-11H,4-9H2,1-3H3,(H,18,20)(H,21,22). The highest BCUT2D eigenvalue weighted by atomic mass is 16.4. The molecule has 0 spiro atoms. The summed E-state index contributed by atoms with van der Waals surface area (Å²) >= 11 is 0. The van der Waals surface area contributed by atoms with Gasteiger partial charge in [0, 0.05) is 11.6 Å². The molecule has 122 valence electrons. The lowest BCUT2D eigenvalue weighted by Crippen LogP contribution is -2.36. The molecular weight excluding hydrogens is 282 g/mol. The molecule has 1 heterocycles. The van der Waals surface area contributed by atoms with E-state index in [1.54, 1.807) is 20.0 Å². The van der Waals surface area contributed by atoms with Crippen molar-refractivity contribution in [1.82, 2.24) is 9.78 Å². The molecule has 0 unspecified atom stereocenters. The molecule has 1 saturated carbocycles. The number of aromatic nitrogens is 2. The minimum absolute atomic E-state index is 0.00193. The summed E-state index contributed by atoms with van der Waals surface area (Å²) in [5, 5.41) is 16.2. The van der Waals surface area contributed by atoms with Crippen molar-refractivity contribution in [2.75, 3.05) is 5.32 Å². The summed E-state index contributed by atoms with van der Waals surface area (Å²) in [6.45, 7) is 5.15. The van der Waals surface area contributed by atoms with Crippen LogP contribution in [0.2, 0.25) is 0 Å². The van der Waals surface area contributed by atoms with Gasteiger partial charge in [-0.05, 0) is 26.7 Å². The maximum Gasteiger partial charge on any atom is 0.331 e. The van der Waals surface area contributed by atoms with Crippen molar-refractivity contribution >= 4 is 17.6 Å². The summed E-state index contributed by atoms with van der Waals surface area (Å²) < 4.78 is 1.36. The second kappa shape index (κ2) is 6.10. The van der Waals surface area contributed by atoms with Gasteiger partial charge in [0.15, 0.2) is 5.54 Å². The minimum Gasteiger partial charge on any atom is -0.479 e. The monoisotopic (exact) mass is 307 g/mol. The average molecular weight is 307 g/mol. The predicted octanol–water partition coefficient (Wildman–Crippen LogP) is 3.00. The first kappa shape index (κ1) is 16.5. The van der Waals surface area contributed by atoms with Gasteiger partial charge in [-0.15, -0.1) is 0 Å². The van der Waals surface area contributed by atoms with E-state index in [1.165, 1.54) is 23.7 Å². The molecule has 2 rings (SSSR count). The molecule has 0 saturated heterocycles. The number of nitrogens with zero attached hydrogens (tertiary/aromatic N) is 2. The molecule has 1 aliphatic carbocycles. The highest BCUT2D eigenvalue weighted by molar-refractivity contribution is 5.94. The number of aliphatic carboxylic acids is 1. The van der Waals surface area contributed by atoms with E-state index < -0.39 is 11.5 Å². The predicted molar refractivity (Wildman–Crippen MR) is 83.6 cm³/mol. The van der Waals surface area contributed by atoms with Gasteiger partial charge in [0.1, 0.15) is 0 Å². The Morgan fingerprint density at radius 3 is 2.41 bits per heavy atom. The number of rotatable bonds is 4. The first-order chi connectivity index (χ1) is 10.3. The van der Waals surface area contributed by atoms with Gasteiger partial charge in [-0.3, -0.25) is 9.48 Å². The maximum absolute atomic E-state index is 12.6. The van der Waals surface area contributed by atoms with Gasteiger partial charge in [0.25, 0.3) is 0 Å². The van der Waals surface area contributed by atoms with E-state index in [-0.39, 0.29) is 11.3 Å². The minimum atomic E-state index is -1.14. The fourth-order valence-corrected chi connectivity index (χ4v) is 2.81. The molecule has 0 radical (unpaired) electrons. The first-order valence-electron chi connectivity index (χ1n) is 7.86. The van der Waals surface area contributed by atoms with E-state index in [0.29, 0.717) is 5.69 Å². The molecule has 2 N–H and O–H groups in total. The number of hydrogen-bond acceptors (Lipinski definition) is 3. The van der Waals surface area contributed by atoms with Crippen LogP contribution < -0.4 is 5.32 Å². The van der Waals surface area contributed by atoms with Crippen LogP contribution >= 0.6 is 0 Å². The van der Waals surface area contributed by atoms with Crippen molar-refractivity contribution in [3.63, 3.8) is 0 Å². The van der Waals surface area contributed by atoms with E-state index in [4.69, 9.17) is 0 Å². The molecule has 1 aliphatic rings. The van der Waals surface area contributed by atoms with E-state index in [0.717, 1.165) is 25.7 Å². The molecule has 0 aromatic carbocycles. The number of nitrogens with one attached hydrogen (secondary N) is 1. The Hall–Kier alpha value is -1.85. The third-order valence-corrected chi connectivity index (χ3v) is 4.69. The van der Waals surface area contributed by atoms with E-state index >= 15 is 0 Å². The smallest absolute Gasteiger partial charge is 0.331 e. The number of carbonyl (C=O) groups is 2. The molecule has 0 aliphatic heterocycles. The Morgan fingerprint density at radius 1 is 1.27 bits per heavy atom. The Labute approximate surface area is 130 Å². The molecule has 0 bridgehead atoms. The lowest BCUT2D eigenvalue weighted by molar-refractivity contribution is -0.146. The number of anilines is 1. The van der Waals surface area contributed by atoms with Crippen LogP contribution in [0.1, 0.15) is 59.3 Å². The summed E-state index contributed by atoms with van der Waals surface area (Å²) in [4.78, 5) is 23.8. The molecule has 0 atom stereocenters. The highest BCUT2D eigenvalue weighted by Gasteiger charge is 2.34. The van der Waals surface area contributed by atoms with Crippen molar-refractivity contribution in [2.45, 2.75) is 64.8 Å². The summed E-state index contributed by atoms with van der Waals surface area (Å²) in [5.74, 6) is -0.966. The highest BCUT2D eigenvalue weighted by Crippen LogP contribution is 2.35. The fourth-order valence-electron chi connectivity index (χ4n) is 2.81. The van der Waals surface area contributed by atoms with Gasteiger partial charge in [0.2, 0.25) is 5.91 Å². The van der Waals surface area contributed by atoms with Gasteiger partial charge < -0.3 is 10.4 Å². The SMILES string of the molecule is CC1(C(=O)Nc2cnn(C(C)(C)C(=O)O)c2)CCCCCC1. The van der Waals surface area contributed by atoms with Crippen LogP contribution in [0.25, 0.3) is 0 Å². The van der Waals surface area contributed by atoms with Crippen LogP contribution in [0.4, 0.5) is 5.69 Å². The largest absolute Gasteiger partial charge is 0.479 e. The van der Waals surface area contributed by atoms with Crippen molar-refractivity contribution in [1.29, 1.82) is 0 Å². The van der Waals surface area contributed by atoms with Crippen molar-refractivity contribution in [2.24, 2.45) is 5.41 Å². The molecule has 1 aromatic heterocycles. The number of hydrogen-bond donors (Lipinski definition) is 2. The summed E-state index contributed by atoms with van der Waals surface area (Å²) in [7, 11) is 0. The molecule has 6 nitrogen and oxygen atoms in total. The molecule has 1 amide bonds. The quantitative estimate of drug-likeness (QED) is 0.837. The Balaban J connectivity index is 2.09. The van der Waals surface area contributed by atoms with Gasteiger partial charge in [-0.1, -0.05) is 32.6 Å². The fraction of sp³-hybridized carbons (Fsp3) is 0.688. The third-order valence-electron chi connectivity index (χ3n) is 4.69. The van der Waals surface area contributed by atoms with Crippen LogP contribution in [0.3, 0.4) is 0 Å². The molecule has 6 heteroatoms. The van der Waals surface area contributed by atoms with Crippen LogP contribution in [0.5, 0.6) is 0 Å². The van der Waals surface area contributed by atoms with Crippen molar-refractivity contribution in [3.05, 3.63) is 12.4 Å². The zero-order chi connectivity index (χ0) is 16.4. The Morgan fingerprint density at radius 2 is 1.86 bits per heavy atom. The van der Waals surface area contributed by atoms with Crippen molar-refractivity contribution in [3.8, 4) is 0 Å². The zero-order valence-electron chi connectivity index (χ0n) is 13.6. The average Bonchev–Trinajstić information content (AvgIpc) is 2.80. The lowest BCUT2D eigenvalue weighted by atomic mass is 9.81. The normalized spacial score (nSPS) is 18.5. The summed E-state index contributed by atoms with van der Waals surface area (Å²) in [5.41, 5.74) is -0.944. The van der Waals surface area contributed by atoms with Gasteiger partial charge in [-0.25, -0.2) is 4.79 Å². The van der Waals surface area contributed by atoms with Crippen molar-refractivity contribution < 1.29 is 14.7 Å². The maximum atomic E-state index is 12.6. The van der Waals surface area contributed by atoms with Crippen LogP contribution in [0, 0.1) is 5.41 Å². The molecule has 1 aromatic rings. The number of amides is 1. The van der Waals surface area contributed by atoms with Crippen LogP contribution in [-0.2, 0) is 15.1 Å². The molecule has 22 heavy (non-hydrogen) atoms.